The molecule has 0 amide bonds. The molecule has 0 aliphatic rings. The number of rotatable bonds is 0. The number of nitrogens with zero attached hydrogens (tertiary/aromatic N) is 1. The van der Waals surface area contributed by atoms with Crippen molar-refractivity contribution in [2.24, 2.45) is 0 Å². The highest BCUT2D eigenvalue weighted by Crippen LogP contribution is 2.21. The third-order valence-corrected chi connectivity index (χ3v) is 2.30. The second-order valence-corrected chi connectivity index (χ2v) is 4.58. The summed E-state index contributed by atoms with van der Waals surface area (Å²) in [7, 11) is 0. The smallest absolute Gasteiger partial charge is 0.182 e. The van der Waals surface area contributed by atoms with Gasteiger partial charge in [0.25, 0.3) is 0 Å². The van der Waals surface area contributed by atoms with E-state index in [9.17, 15) is 4.79 Å². The van der Waals surface area contributed by atoms with Gasteiger partial charge in [-0.15, -0.1) is 0 Å². The van der Waals surface area contributed by atoms with Gasteiger partial charge in [-0.3, -0.25) is 14.4 Å². The summed E-state index contributed by atoms with van der Waals surface area (Å²) in [4.78, 5) is 11.1. The Labute approximate surface area is 82.4 Å². The third kappa shape index (κ3) is 1.45. The first-order chi connectivity index (χ1) is 6.47. The van der Waals surface area contributed by atoms with Crippen LogP contribution in [0.15, 0.2) is 29.2 Å². The van der Waals surface area contributed by atoms with Crippen LogP contribution in [0.3, 0.4) is 0 Å². The highest BCUT2D eigenvalue weighted by molar-refractivity contribution is 5.48. The second-order valence-electron chi connectivity index (χ2n) is 4.58. The average Bonchev–Trinajstić information content (AvgIpc) is 2.45. The zero-order valence-corrected chi connectivity index (χ0v) is 8.66. The molecule has 2 aromatic heterocycles. The molecule has 0 fully saturated rings. The van der Waals surface area contributed by atoms with Crippen LogP contribution in [-0.2, 0) is 5.41 Å². The quantitative estimate of drug-likeness (QED) is 0.677. The number of aromatic amines is 1. The van der Waals surface area contributed by atoms with Crippen LogP contribution in [0.4, 0.5) is 0 Å². The van der Waals surface area contributed by atoms with Gasteiger partial charge >= 0.3 is 0 Å². The van der Waals surface area contributed by atoms with Crippen LogP contribution in [-0.4, -0.2) is 9.61 Å². The number of H-pyrrole nitrogens is 1. The lowest BCUT2D eigenvalue weighted by atomic mass is 9.92. The lowest BCUT2D eigenvalue weighted by Crippen LogP contribution is -2.11. The summed E-state index contributed by atoms with van der Waals surface area (Å²) in [6.07, 6.45) is 1.76. The summed E-state index contributed by atoms with van der Waals surface area (Å²) in [6, 6.07) is 5.20. The number of hydrogen-bond donors (Lipinski definition) is 1. The molecule has 0 saturated heterocycles. The minimum Gasteiger partial charge on any atom is -0.298 e. The fourth-order valence-electron chi connectivity index (χ4n) is 1.40. The van der Waals surface area contributed by atoms with Crippen LogP contribution < -0.4 is 5.43 Å². The first kappa shape index (κ1) is 9.06. The summed E-state index contributed by atoms with van der Waals surface area (Å²) in [5, 5.41) is 3.24. The number of aromatic nitrogens is 2. The largest absolute Gasteiger partial charge is 0.298 e. The van der Waals surface area contributed by atoms with Crippen molar-refractivity contribution in [2.45, 2.75) is 26.2 Å². The molecular weight excluding hydrogens is 176 g/mol. The van der Waals surface area contributed by atoms with Crippen molar-refractivity contribution < 1.29 is 0 Å². The number of pyridine rings is 1. The monoisotopic (exact) mass is 190 g/mol. The molecule has 0 aromatic carbocycles. The van der Waals surface area contributed by atoms with Crippen molar-refractivity contribution in [2.75, 3.05) is 0 Å². The van der Waals surface area contributed by atoms with E-state index in [1.807, 2.05) is 10.6 Å². The Hall–Kier alpha value is -1.51. The molecular formula is C11H14N2O. The van der Waals surface area contributed by atoms with E-state index in [2.05, 4.69) is 25.9 Å². The first-order valence-electron chi connectivity index (χ1n) is 4.69. The molecule has 0 spiro atoms. The molecule has 3 heteroatoms. The average molecular weight is 190 g/mol. The van der Waals surface area contributed by atoms with Crippen LogP contribution in [0.5, 0.6) is 0 Å². The van der Waals surface area contributed by atoms with E-state index in [1.165, 1.54) is 0 Å². The summed E-state index contributed by atoms with van der Waals surface area (Å²) < 4.78 is 1.86. The molecule has 1 N–H and O–H groups in total. The van der Waals surface area contributed by atoms with E-state index >= 15 is 0 Å². The summed E-state index contributed by atoms with van der Waals surface area (Å²) in [5.74, 6) is 0. The molecule has 0 atom stereocenters. The Balaban J connectivity index is 2.69. The van der Waals surface area contributed by atoms with Crippen molar-refractivity contribution in [3.05, 3.63) is 40.3 Å². The van der Waals surface area contributed by atoms with E-state index in [0.717, 1.165) is 11.2 Å². The summed E-state index contributed by atoms with van der Waals surface area (Å²) in [6.45, 7) is 6.41. The van der Waals surface area contributed by atoms with Gasteiger partial charge in [-0.2, -0.15) is 0 Å². The Bertz CT molecular complexity index is 514. The van der Waals surface area contributed by atoms with Crippen molar-refractivity contribution in [3.8, 4) is 0 Å². The molecule has 14 heavy (non-hydrogen) atoms. The van der Waals surface area contributed by atoms with Gasteiger partial charge in [0.15, 0.2) is 5.43 Å². The molecule has 2 heterocycles. The van der Waals surface area contributed by atoms with Crippen molar-refractivity contribution >= 4 is 5.52 Å². The van der Waals surface area contributed by atoms with E-state index in [1.54, 1.807) is 18.3 Å². The normalized spacial score (nSPS) is 12.2. The van der Waals surface area contributed by atoms with E-state index < -0.39 is 0 Å². The number of hydrogen-bond acceptors (Lipinski definition) is 1. The molecule has 0 aliphatic heterocycles. The highest BCUT2D eigenvalue weighted by atomic mass is 16.1. The molecule has 0 aliphatic carbocycles. The second kappa shape index (κ2) is 2.74. The zero-order valence-electron chi connectivity index (χ0n) is 8.66. The fraction of sp³-hybridized carbons (Fsp3) is 0.364. The summed E-state index contributed by atoms with van der Waals surface area (Å²) >= 11 is 0. The predicted octanol–water partition coefficient (Wildman–Crippen LogP) is 1.93. The van der Waals surface area contributed by atoms with Gasteiger partial charge in [-0.1, -0.05) is 20.8 Å². The first-order valence-corrected chi connectivity index (χ1v) is 4.69. The van der Waals surface area contributed by atoms with Crippen LogP contribution in [0.2, 0.25) is 0 Å². The van der Waals surface area contributed by atoms with Gasteiger partial charge in [0, 0.05) is 29.4 Å². The molecule has 0 bridgehead atoms. The number of fused-ring (bicyclic) bond motifs is 1. The van der Waals surface area contributed by atoms with Crippen LogP contribution >= 0.6 is 0 Å². The SMILES string of the molecule is CC(C)(C)c1cc2cc(=O)ccn2[nH]1. The molecule has 74 valence electrons. The Morgan fingerprint density at radius 3 is 2.64 bits per heavy atom. The van der Waals surface area contributed by atoms with E-state index in [0.29, 0.717) is 0 Å². The van der Waals surface area contributed by atoms with Gasteiger partial charge < -0.3 is 0 Å². The molecule has 0 radical (unpaired) electrons. The minimum absolute atomic E-state index is 0.0458. The van der Waals surface area contributed by atoms with Gasteiger partial charge in [0.2, 0.25) is 0 Å². The van der Waals surface area contributed by atoms with Crippen molar-refractivity contribution in [1.29, 1.82) is 0 Å². The van der Waals surface area contributed by atoms with Gasteiger partial charge in [0.1, 0.15) is 0 Å². The zero-order chi connectivity index (χ0) is 10.3. The minimum atomic E-state index is 0.0458. The van der Waals surface area contributed by atoms with Gasteiger partial charge in [0.05, 0.1) is 5.52 Å². The molecule has 0 saturated carbocycles. The van der Waals surface area contributed by atoms with E-state index in [4.69, 9.17) is 0 Å². The van der Waals surface area contributed by atoms with Crippen LogP contribution in [0, 0.1) is 0 Å². The van der Waals surface area contributed by atoms with Crippen molar-refractivity contribution in [1.82, 2.24) is 9.61 Å². The molecule has 2 aromatic rings. The van der Waals surface area contributed by atoms with Crippen LogP contribution in [0.1, 0.15) is 26.5 Å². The highest BCUT2D eigenvalue weighted by Gasteiger charge is 2.15. The molecule has 0 unspecified atom stereocenters. The lowest BCUT2D eigenvalue weighted by Gasteiger charge is -2.15. The van der Waals surface area contributed by atoms with Gasteiger partial charge in [-0.05, 0) is 6.07 Å². The standard InChI is InChI=1S/C11H14N2O/c1-11(2,3)10-7-8-6-9(14)4-5-13(8)12-10/h4-7,12H,1-3H3. The van der Waals surface area contributed by atoms with E-state index in [-0.39, 0.29) is 10.8 Å². The summed E-state index contributed by atoms with van der Waals surface area (Å²) in [5.41, 5.74) is 2.17. The topological polar surface area (TPSA) is 37.3 Å². The lowest BCUT2D eigenvalue weighted by molar-refractivity contribution is 0.562. The Morgan fingerprint density at radius 1 is 1.29 bits per heavy atom. The maximum atomic E-state index is 11.1. The maximum absolute atomic E-state index is 11.1. The Kier molecular flexibility index (Phi) is 1.77. The van der Waals surface area contributed by atoms with Crippen LogP contribution in [0.25, 0.3) is 5.52 Å². The Morgan fingerprint density at radius 2 is 2.00 bits per heavy atom. The number of nitrogens with one attached hydrogen (secondary N) is 1. The molecule has 3 nitrogen and oxygen atoms in total. The fourth-order valence-corrected chi connectivity index (χ4v) is 1.40. The third-order valence-electron chi connectivity index (χ3n) is 2.30. The predicted molar refractivity (Wildman–Crippen MR) is 56.7 cm³/mol. The maximum Gasteiger partial charge on any atom is 0.182 e. The van der Waals surface area contributed by atoms with Crippen molar-refractivity contribution in [3.63, 3.8) is 0 Å². The van der Waals surface area contributed by atoms with Gasteiger partial charge in [-0.25, -0.2) is 0 Å². The molecule has 2 rings (SSSR count).